The van der Waals surface area contributed by atoms with Gasteiger partial charge in [-0.25, -0.2) is 23.1 Å². The van der Waals surface area contributed by atoms with Gasteiger partial charge in [-0.15, -0.1) is 0 Å². The molecule has 1 aliphatic rings. The van der Waals surface area contributed by atoms with E-state index in [1.165, 1.54) is 11.2 Å². The van der Waals surface area contributed by atoms with E-state index in [9.17, 15) is 18.7 Å². The van der Waals surface area contributed by atoms with Gasteiger partial charge in [-0.2, -0.15) is 5.10 Å². The minimum atomic E-state index is -2.48. The fourth-order valence-corrected chi connectivity index (χ4v) is 4.77. The molecule has 0 bridgehead atoms. The van der Waals surface area contributed by atoms with Crippen LogP contribution < -0.4 is 0 Å². The van der Waals surface area contributed by atoms with Crippen LogP contribution in [-0.2, 0) is 6.42 Å². The lowest BCUT2D eigenvalue weighted by atomic mass is 9.88. The summed E-state index contributed by atoms with van der Waals surface area (Å²) in [5.41, 5.74) is 5.54. The van der Waals surface area contributed by atoms with E-state index in [1.54, 1.807) is 10.7 Å². The maximum absolute atomic E-state index is 13.6. The highest BCUT2D eigenvalue weighted by Crippen LogP contribution is 2.36. The molecule has 4 aromatic rings. The average molecular weight is 439 g/mol. The second kappa shape index (κ2) is 7.89. The number of alkyl halides is 2. The van der Waals surface area contributed by atoms with Crippen molar-refractivity contribution in [3.63, 3.8) is 0 Å². The van der Waals surface area contributed by atoms with Crippen molar-refractivity contribution in [2.45, 2.75) is 38.5 Å². The summed E-state index contributed by atoms with van der Waals surface area (Å²) in [6.07, 6.45) is 0.990. The Morgan fingerprint density at radius 2 is 2.06 bits per heavy atom. The summed E-state index contributed by atoms with van der Waals surface area (Å²) in [5.74, 6) is 0.210. The highest BCUT2D eigenvalue weighted by Gasteiger charge is 2.25. The predicted molar refractivity (Wildman–Crippen MR) is 116 cm³/mol. The van der Waals surface area contributed by atoms with Crippen LogP contribution in [0, 0.1) is 6.92 Å². The van der Waals surface area contributed by atoms with E-state index < -0.39 is 12.5 Å². The van der Waals surface area contributed by atoms with Gasteiger partial charge < -0.3 is 15.0 Å². The van der Waals surface area contributed by atoms with E-state index in [0.717, 1.165) is 46.1 Å². The highest BCUT2D eigenvalue weighted by molar-refractivity contribution is 5.91. The molecule has 166 valence electrons. The molecule has 4 heterocycles. The van der Waals surface area contributed by atoms with Gasteiger partial charge in [-0.1, -0.05) is 6.07 Å². The maximum atomic E-state index is 13.6. The van der Waals surface area contributed by atoms with Gasteiger partial charge in [0.2, 0.25) is 6.43 Å². The Balaban J connectivity index is 1.57. The Kier molecular flexibility index (Phi) is 5.03. The highest BCUT2D eigenvalue weighted by atomic mass is 19.3. The smallest absolute Gasteiger partial charge is 0.407 e. The van der Waals surface area contributed by atoms with Crippen LogP contribution in [0.5, 0.6) is 0 Å². The molecule has 9 heteroatoms. The van der Waals surface area contributed by atoms with Gasteiger partial charge in [0, 0.05) is 42.2 Å². The van der Waals surface area contributed by atoms with Gasteiger partial charge in [0.1, 0.15) is 6.33 Å². The van der Waals surface area contributed by atoms with E-state index in [2.05, 4.69) is 15.1 Å². The lowest BCUT2D eigenvalue weighted by Gasteiger charge is -2.30. The number of aromatic amines is 1. The average Bonchev–Trinajstić information content (AvgIpc) is 3.38. The van der Waals surface area contributed by atoms with Crippen molar-refractivity contribution < 1.29 is 18.7 Å². The molecule has 3 aromatic heterocycles. The number of aromatic nitrogens is 4. The second-order valence-corrected chi connectivity index (χ2v) is 8.36. The molecule has 1 aliphatic heterocycles. The van der Waals surface area contributed by atoms with Crippen molar-refractivity contribution in [3.8, 4) is 11.3 Å². The first kappa shape index (κ1) is 20.4. The summed E-state index contributed by atoms with van der Waals surface area (Å²) in [7, 11) is 0. The Morgan fingerprint density at radius 1 is 1.28 bits per heavy atom. The molecule has 1 aromatic carbocycles. The standard InChI is InChI=1S/C23H23F2N5O2/c1-13-8-16(11-30-22(13)26-12-27-30)21-18(10-20(24)25)17-9-15(2-3-19(17)28-21)14-4-6-29(7-5-14)23(31)32/h2-3,8-9,11-12,14,20,28H,4-7,10H2,1H3,(H,31,32). The molecule has 0 atom stereocenters. The number of hydrogen-bond acceptors (Lipinski definition) is 3. The normalized spacial score (nSPS) is 15.3. The molecular weight excluding hydrogens is 416 g/mol. The number of hydrogen-bond donors (Lipinski definition) is 2. The molecule has 1 fully saturated rings. The maximum Gasteiger partial charge on any atom is 0.407 e. The van der Waals surface area contributed by atoms with Crippen molar-refractivity contribution in [1.29, 1.82) is 0 Å². The van der Waals surface area contributed by atoms with Crippen molar-refractivity contribution in [3.05, 3.63) is 53.5 Å². The zero-order valence-corrected chi connectivity index (χ0v) is 17.6. The molecule has 1 saturated heterocycles. The van der Waals surface area contributed by atoms with Gasteiger partial charge >= 0.3 is 6.09 Å². The number of likely N-dealkylation sites (tertiary alicyclic amines) is 1. The SMILES string of the molecule is Cc1cc(-c2[nH]c3ccc(C4CCN(C(=O)O)CC4)cc3c2CC(F)F)cn2ncnc12. The number of carbonyl (C=O) groups is 1. The first-order chi connectivity index (χ1) is 15.4. The third-order valence-electron chi connectivity index (χ3n) is 6.37. The predicted octanol–water partition coefficient (Wildman–Crippen LogP) is 4.85. The van der Waals surface area contributed by atoms with Crippen molar-refractivity contribution in [1.82, 2.24) is 24.5 Å². The summed E-state index contributed by atoms with van der Waals surface area (Å²) >= 11 is 0. The fourth-order valence-electron chi connectivity index (χ4n) is 4.77. The monoisotopic (exact) mass is 439 g/mol. The second-order valence-electron chi connectivity index (χ2n) is 8.36. The van der Waals surface area contributed by atoms with E-state index in [1.807, 2.05) is 31.2 Å². The molecule has 1 amide bonds. The number of rotatable bonds is 4. The summed E-state index contributed by atoms with van der Waals surface area (Å²) in [4.78, 5) is 20.2. The molecular formula is C23H23F2N5O2. The van der Waals surface area contributed by atoms with Gasteiger partial charge in [0.05, 0.1) is 5.69 Å². The molecule has 0 radical (unpaired) electrons. The molecule has 32 heavy (non-hydrogen) atoms. The number of pyridine rings is 1. The van der Waals surface area contributed by atoms with E-state index in [0.29, 0.717) is 24.3 Å². The van der Waals surface area contributed by atoms with Crippen LogP contribution in [-0.4, -0.2) is 55.2 Å². The quantitative estimate of drug-likeness (QED) is 0.476. The van der Waals surface area contributed by atoms with Crippen LogP contribution in [0.1, 0.15) is 35.4 Å². The minimum absolute atomic E-state index is 0.210. The summed E-state index contributed by atoms with van der Waals surface area (Å²) in [5, 5.41) is 14.2. The summed E-state index contributed by atoms with van der Waals surface area (Å²) < 4.78 is 28.8. The van der Waals surface area contributed by atoms with Crippen molar-refractivity contribution >= 4 is 22.6 Å². The largest absolute Gasteiger partial charge is 0.465 e. The number of H-pyrrole nitrogens is 1. The van der Waals surface area contributed by atoms with Crippen molar-refractivity contribution in [2.24, 2.45) is 0 Å². The van der Waals surface area contributed by atoms with Gasteiger partial charge in [0.15, 0.2) is 5.65 Å². The molecule has 0 saturated carbocycles. The molecule has 7 nitrogen and oxygen atoms in total. The van der Waals surface area contributed by atoms with E-state index in [4.69, 9.17) is 0 Å². The van der Waals surface area contributed by atoms with E-state index >= 15 is 0 Å². The molecule has 5 rings (SSSR count). The lowest BCUT2D eigenvalue weighted by molar-refractivity contribution is 0.132. The summed E-state index contributed by atoms with van der Waals surface area (Å²) in [6, 6.07) is 7.89. The minimum Gasteiger partial charge on any atom is -0.465 e. The number of amides is 1. The number of nitrogens with zero attached hydrogens (tertiary/aromatic N) is 4. The van der Waals surface area contributed by atoms with Crippen LogP contribution in [0.3, 0.4) is 0 Å². The molecule has 0 spiro atoms. The lowest BCUT2D eigenvalue weighted by Crippen LogP contribution is -2.36. The van der Waals surface area contributed by atoms with Crippen LogP contribution in [0.25, 0.3) is 27.8 Å². The van der Waals surface area contributed by atoms with Crippen LogP contribution >= 0.6 is 0 Å². The molecule has 2 N–H and O–H groups in total. The van der Waals surface area contributed by atoms with Crippen LogP contribution in [0.4, 0.5) is 13.6 Å². The number of halogens is 2. The zero-order chi connectivity index (χ0) is 22.4. The summed E-state index contributed by atoms with van der Waals surface area (Å²) in [6.45, 7) is 2.89. The number of benzene rings is 1. The Hall–Kier alpha value is -3.49. The number of nitrogens with one attached hydrogen (secondary N) is 1. The van der Waals surface area contributed by atoms with Crippen LogP contribution in [0.2, 0.25) is 0 Å². The van der Waals surface area contributed by atoms with Gasteiger partial charge in [-0.3, -0.25) is 0 Å². The Bertz CT molecular complexity index is 1300. The number of fused-ring (bicyclic) bond motifs is 2. The number of carboxylic acid groups (broad SMARTS) is 1. The number of aryl methyl sites for hydroxylation is 1. The third-order valence-corrected chi connectivity index (χ3v) is 6.37. The van der Waals surface area contributed by atoms with Crippen LogP contribution in [0.15, 0.2) is 36.8 Å². The molecule has 0 aliphatic carbocycles. The Morgan fingerprint density at radius 3 is 2.78 bits per heavy atom. The molecule has 0 unspecified atom stereocenters. The van der Waals surface area contributed by atoms with Gasteiger partial charge in [0.25, 0.3) is 0 Å². The first-order valence-corrected chi connectivity index (χ1v) is 10.6. The van der Waals surface area contributed by atoms with Gasteiger partial charge in [-0.05, 0) is 60.6 Å². The first-order valence-electron chi connectivity index (χ1n) is 10.6. The fraction of sp³-hybridized carbons (Fsp3) is 0.348. The zero-order valence-electron chi connectivity index (χ0n) is 17.6. The van der Waals surface area contributed by atoms with Crippen molar-refractivity contribution in [2.75, 3.05) is 13.1 Å². The Labute approximate surface area is 182 Å². The van der Waals surface area contributed by atoms with E-state index in [-0.39, 0.29) is 12.3 Å². The topological polar surface area (TPSA) is 86.5 Å². The number of piperidine rings is 1. The third kappa shape index (κ3) is 3.57.